The van der Waals surface area contributed by atoms with Gasteiger partial charge in [-0.3, -0.25) is 4.79 Å². The number of amides is 1. The predicted molar refractivity (Wildman–Crippen MR) is 174 cm³/mol. The maximum Gasteiger partial charge on any atom is 0.407 e. The van der Waals surface area contributed by atoms with Gasteiger partial charge in [0.15, 0.2) is 5.60 Å². The molecule has 0 fully saturated rings. The number of esters is 1. The van der Waals surface area contributed by atoms with Gasteiger partial charge in [0.05, 0.1) is 0 Å². The number of benzene rings is 5. The number of carboxylic acids is 1. The van der Waals surface area contributed by atoms with Crippen LogP contribution >= 0.6 is 0 Å². The lowest BCUT2D eigenvalue weighted by atomic mass is 9.80. The van der Waals surface area contributed by atoms with Crippen LogP contribution in [0, 0.1) is 0 Å². The van der Waals surface area contributed by atoms with E-state index in [4.69, 9.17) is 9.47 Å². The summed E-state index contributed by atoms with van der Waals surface area (Å²) in [6.45, 7) is 0.0442. The Balaban J connectivity index is 1.28. The minimum atomic E-state index is -1.38. The van der Waals surface area contributed by atoms with Crippen molar-refractivity contribution < 1.29 is 29.0 Å². The van der Waals surface area contributed by atoms with Crippen LogP contribution in [0.2, 0.25) is 0 Å². The smallest absolute Gasteiger partial charge is 0.407 e. The van der Waals surface area contributed by atoms with E-state index < -0.39 is 29.7 Å². The van der Waals surface area contributed by atoms with E-state index in [-0.39, 0.29) is 25.4 Å². The zero-order valence-corrected chi connectivity index (χ0v) is 25.0. The quantitative estimate of drug-likeness (QED) is 0.120. The molecular formula is C39H33NO6. The molecule has 0 radical (unpaired) electrons. The van der Waals surface area contributed by atoms with Crippen molar-refractivity contribution in [2.45, 2.75) is 30.4 Å². The fourth-order valence-corrected chi connectivity index (χ4v) is 6.22. The molecule has 46 heavy (non-hydrogen) atoms. The van der Waals surface area contributed by atoms with Gasteiger partial charge in [0, 0.05) is 29.0 Å². The van der Waals surface area contributed by atoms with E-state index in [0.717, 1.165) is 22.3 Å². The highest BCUT2D eigenvalue weighted by atomic mass is 16.6. The molecule has 7 heteroatoms. The molecule has 0 bridgehead atoms. The Bertz CT molecular complexity index is 1680. The second kappa shape index (κ2) is 13.5. The molecule has 1 atom stereocenters. The number of carbonyl (C=O) groups is 3. The summed E-state index contributed by atoms with van der Waals surface area (Å²) in [5, 5.41) is 12.1. The van der Waals surface area contributed by atoms with Gasteiger partial charge in [-0.25, -0.2) is 9.59 Å². The average Bonchev–Trinajstić information content (AvgIpc) is 3.42. The Kier molecular flexibility index (Phi) is 8.92. The maximum absolute atomic E-state index is 14.1. The molecule has 0 aromatic heterocycles. The highest BCUT2D eigenvalue weighted by Crippen LogP contribution is 2.45. The first-order chi connectivity index (χ1) is 22.5. The minimum absolute atomic E-state index is 0.0442. The van der Waals surface area contributed by atoms with Crippen LogP contribution in [-0.4, -0.2) is 35.8 Å². The molecular weight excluding hydrogens is 578 g/mol. The third-order valence-corrected chi connectivity index (χ3v) is 8.36. The molecule has 230 valence electrons. The topological polar surface area (TPSA) is 102 Å². The van der Waals surface area contributed by atoms with Gasteiger partial charge in [-0.15, -0.1) is 0 Å². The van der Waals surface area contributed by atoms with E-state index in [0.29, 0.717) is 16.7 Å². The number of alkyl carbamates (subject to hydrolysis) is 1. The van der Waals surface area contributed by atoms with Crippen LogP contribution in [0.5, 0.6) is 0 Å². The highest BCUT2D eigenvalue weighted by molar-refractivity contribution is 5.83. The number of ether oxygens (including phenoxy) is 2. The highest BCUT2D eigenvalue weighted by Gasteiger charge is 2.42. The van der Waals surface area contributed by atoms with Crippen molar-refractivity contribution in [1.82, 2.24) is 5.32 Å². The fourth-order valence-electron chi connectivity index (χ4n) is 6.22. The summed E-state index contributed by atoms with van der Waals surface area (Å²) in [6, 6.07) is 42.7. The first kappa shape index (κ1) is 30.3. The lowest BCUT2D eigenvalue weighted by Crippen LogP contribution is -2.46. The monoisotopic (exact) mass is 611 g/mol. The van der Waals surface area contributed by atoms with Crippen molar-refractivity contribution in [3.05, 3.63) is 167 Å². The first-order valence-corrected chi connectivity index (χ1v) is 15.2. The van der Waals surface area contributed by atoms with Crippen molar-refractivity contribution >= 4 is 18.0 Å². The van der Waals surface area contributed by atoms with E-state index in [2.05, 4.69) is 5.32 Å². The lowest BCUT2D eigenvalue weighted by Gasteiger charge is -2.36. The zero-order valence-electron chi connectivity index (χ0n) is 25.0. The molecule has 1 amide bonds. The van der Waals surface area contributed by atoms with Crippen LogP contribution in [-0.2, 0) is 24.7 Å². The van der Waals surface area contributed by atoms with Gasteiger partial charge in [0.1, 0.15) is 12.6 Å². The Morgan fingerprint density at radius 1 is 0.652 bits per heavy atom. The molecule has 1 aliphatic carbocycles. The van der Waals surface area contributed by atoms with Gasteiger partial charge in [-0.1, -0.05) is 140 Å². The van der Waals surface area contributed by atoms with Crippen LogP contribution in [0.1, 0.15) is 46.6 Å². The summed E-state index contributed by atoms with van der Waals surface area (Å²) >= 11 is 0. The van der Waals surface area contributed by atoms with Crippen LogP contribution in [0.15, 0.2) is 140 Å². The molecule has 5 aromatic carbocycles. The molecule has 1 aliphatic rings. The molecule has 6 rings (SSSR count). The number of hydrogen-bond acceptors (Lipinski definition) is 5. The number of carboxylic acid groups (broad SMARTS) is 1. The normalized spacial score (nSPS) is 12.8. The van der Waals surface area contributed by atoms with Crippen molar-refractivity contribution in [3.63, 3.8) is 0 Å². The maximum atomic E-state index is 14.1. The lowest BCUT2D eigenvalue weighted by molar-refractivity contribution is -0.156. The molecule has 7 nitrogen and oxygen atoms in total. The number of fused-ring (bicyclic) bond motifs is 3. The number of nitrogens with one attached hydrogen (secondary N) is 1. The van der Waals surface area contributed by atoms with Crippen molar-refractivity contribution in [3.8, 4) is 11.1 Å². The van der Waals surface area contributed by atoms with Gasteiger partial charge in [-0.05, 0) is 28.7 Å². The van der Waals surface area contributed by atoms with Gasteiger partial charge in [0.25, 0.3) is 0 Å². The van der Waals surface area contributed by atoms with E-state index in [9.17, 15) is 19.5 Å². The second-order valence-electron chi connectivity index (χ2n) is 11.2. The van der Waals surface area contributed by atoms with Crippen molar-refractivity contribution in [1.29, 1.82) is 0 Å². The van der Waals surface area contributed by atoms with Crippen LogP contribution < -0.4 is 5.32 Å². The van der Waals surface area contributed by atoms with Crippen LogP contribution in [0.25, 0.3) is 11.1 Å². The van der Waals surface area contributed by atoms with E-state index in [1.807, 2.05) is 140 Å². The molecule has 0 aliphatic heterocycles. The van der Waals surface area contributed by atoms with Gasteiger partial charge in [-0.2, -0.15) is 0 Å². The average molecular weight is 612 g/mol. The summed E-state index contributed by atoms with van der Waals surface area (Å²) in [7, 11) is 0. The Labute approximate surface area is 267 Å². The first-order valence-electron chi connectivity index (χ1n) is 15.2. The van der Waals surface area contributed by atoms with E-state index in [1.54, 1.807) is 0 Å². The fraction of sp³-hybridized carbons (Fsp3) is 0.154. The molecule has 5 aromatic rings. The standard InChI is InChI=1S/C39H33NO6/c41-36(42)25-24-35(40-38(44)45-26-34-32-22-12-10-20-30(32)31-21-11-13-23-33(31)34)37(43)46-39(27-14-4-1-5-15-27,28-16-6-2-7-17-28)29-18-8-3-9-19-29/h1-23,34-35H,24-26H2,(H,40,44)(H,41,42)/t35-/m0/s1. The second-order valence-corrected chi connectivity index (χ2v) is 11.2. The van der Waals surface area contributed by atoms with Gasteiger partial charge >= 0.3 is 18.0 Å². The minimum Gasteiger partial charge on any atom is -0.481 e. The summed E-state index contributed by atoms with van der Waals surface area (Å²) < 4.78 is 12.2. The molecule has 2 N–H and O–H groups in total. The van der Waals surface area contributed by atoms with E-state index in [1.165, 1.54) is 0 Å². The molecule has 0 heterocycles. The Morgan fingerprint density at radius 3 is 1.54 bits per heavy atom. The summed E-state index contributed by atoms with van der Waals surface area (Å²) in [5.74, 6) is -2.07. The summed E-state index contributed by atoms with van der Waals surface area (Å²) in [6.07, 6.45) is -1.38. The van der Waals surface area contributed by atoms with Gasteiger partial charge < -0.3 is 19.9 Å². The number of rotatable bonds is 11. The number of hydrogen-bond donors (Lipinski definition) is 2. The predicted octanol–water partition coefficient (Wildman–Crippen LogP) is 7.29. The van der Waals surface area contributed by atoms with Crippen molar-refractivity contribution in [2.75, 3.05) is 6.61 Å². The van der Waals surface area contributed by atoms with Crippen LogP contribution in [0.3, 0.4) is 0 Å². The molecule has 0 saturated heterocycles. The zero-order chi connectivity index (χ0) is 31.9. The Morgan fingerprint density at radius 2 is 1.09 bits per heavy atom. The van der Waals surface area contributed by atoms with E-state index >= 15 is 0 Å². The number of aliphatic carboxylic acids is 1. The Hall–Kier alpha value is -5.69. The summed E-state index contributed by atoms with van der Waals surface area (Å²) in [4.78, 5) is 39.0. The van der Waals surface area contributed by atoms with Crippen LogP contribution in [0.4, 0.5) is 4.79 Å². The number of carbonyl (C=O) groups excluding carboxylic acids is 2. The largest absolute Gasteiger partial charge is 0.481 e. The van der Waals surface area contributed by atoms with Gasteiger partial charge in [0.2, 0.25) is 0 Å². The molecule has 0 saturated carbocycles. The van der Waals surface area contributed by atoms with Crippen molar-refractivity contribution in [2.24, 2.45) is 0 Å². The SMILES string of the molecule is O=C(O)CC[C@H](NC(=O)OCC1c2ccccc2-c2ccccc21)C(=O)OC(c1ccccc1)(c1ccccc1)c1ccccc1. The third kappa shape index (κ3) is 6.13. The molecule has 0 spiro atoms. The third-order valence-electron chi connectivity index (χ3n) is 8.36. The molecule has 0 unspecified atom stereocenters. The summed E-state index contributed by atoms with van der Waals surface area (Å²) in [5.41, 5.74) is 4.98.